The SMILES string of the molecule is COC(C)CC(=O)c1cnccc1C(F)(F)F. The summed E-state index contributed by atoms with van der Waals surface area (Å²) < 4.78 is 42.7. The smallest absolute Gasteiger partial charge is 0.381 e. The van der Waals surface area contributed by atoms with Crippen molar-refractivity contribution in [2.45, 2.75) is 25.6 Å². The van der Waals surface area contributed by atoms with Crippen molar-refractivity contribution < 1.29 is 22.7 Å². The molecule has 0 N–H and O–H groups in total. The summed E-state index contributed by atoms with van der Waals surface area (Å²) in [5, 5.41) is 0. The van der Waals surface area contributed by atoms with Gasteiger partial charge < -0.3 is 4.74 Å². The number of ketones is 1. The van der Waals surface area contributed by atoms with Crippen LogP contribution >= 0.6 is 0 Å². The van der Waals surface area contributed by atoms with E-state index in [2.05, 4.69) is 4.98 Å². The van der Waals surface area contributed by atoms with Crippen LogP contribution in [-0.2, 0) is 10.9 Å². The van der Waals surface area contributed by atoms with Crippen LogP contribution in [0.1, 0.15) is 29.3 Å². The van der Waals surface area contributed by atoms with Gasteiger partial charge in [-0.25, -0.2) is 0 Å². The zero-order valence-corrected chi connectivity index (χ0v) is 9.41. The highest BCUT2D eigenvalue weighted by Crippen LogP contribution is 2.32. The molecule has 1 unspecified atom stereocenters. The van der Waals surface area contributed by atoms with E-state index in [0.717, 1.165) is 18.5 Å². The molecule has 1 aromatic heterocycles. The molecule has 1 atom stereocenters. The van der Waals surface area contributed by atoms with E-state index in [9.17, 15) is 18.0 Å². The zero-order valence-electron chi connectivity index (χ0n) is 9.41. The lowest BCUT2D eigenvalue weighted by molar-refractivity contribution is -0.138. The number of hydrogen-bond acceptors (Lipinski definition) is 3. The van der Waals surface area contributed by atoms with Crippen LogP contribution in [0, 0.1) is 0 Å². The second-order valence-electron chi connectivity index (χ2n) is 3.59. The number of pyridine rings is 1. The quantitative estimate of drug-likeness (QED) is 0.768. The highest BCUT2D eigenvalue weighted by Gasteiger charge is 2.35. The van der Waals surface area contributed by atoms with Crippen molar-refractivity contribution >= 4 is 5.78 Å². The van der Waals surface area contributed by atoms with E-state index in [1.165, 1.54) is 7.11 Å². The molecule has 0 amide bonds. The van der Waals surface area contributed by atoms with Gasteiger partial charge in [0.05, 0.1) is 11.7 Å². The third-order valence-electron chi connectivity index (χ3n) is 2.30. The summed E-state index contributed by atoms with van der Waals surface area (Å²) in [6.07, 6.45) is -3.13. The molecule has 0 bridgehead atoms. The Morgan fingerprint density at radius 3 is 2.71 bits per heavy atom. The highest BCUT2D eigenvalue weighted by atomic mass is 19.4. The summed E-state index contributed by atoms with van der Waals surface area (Å²) in [4.78, 5) is 15.2. The molecule has 1 heterocycles. The molecule has 6 heteroatoms. The number of ether oxygens (including phenoxy) is 1. The molecule has 0 fully saturated rings. The Kier molecular flexibility index (Phi) is 4.22. The van der Waals surface area contributed by atoms with E-state index in [4.69, 9.17) is 4.74 Å². The molecule has 1 aromatic rings. The first kappa shape index (κ1) is 13.6. The van der Waals surface area contributed by atoms with Gasteiger partial charge in [0, 0.05) is 31.5 Å². The Morgan fingerprint density at radius 1 is 1.53 bits per heavy atom. The lowest BCUT2D eigenvalue weighted by atomic mass is 10.0. The summed E-state index contributed by atoms with van der Waals surface area (Å²) >= 11 is 0. The lowest BCUT2D eigenvalue weighted by Gasteiger charge is -2.13. The number of carbonyl (C=O) groups excluding carboxylic acids is 1. The van der Waals surface area contributed by atoms with Gasteiger partial charge in [0.15, 0.2) is 5.78 Å². The highest BCUT2D eigenvalue weighted by molar-refractivity contribution is 5.97. The van der Waals surface area contributed by atoms with Gasteiger partial charge >= 0.3 is 6.18 Å². The van der Waals surface area contributed by atoms with Crippen molar-refractivity contribution in [2.24, 2.45) is 0 Å². The lowest BCUT2D eigenvalue weighted by Crippen LogP contribution is -2.17. The van der Waals surface area contributed by atoms with Crippen LogP contribution in [0.25, 0.3) is 0 Å². The predicted octanol–water partition coefficient (Wildman–Crippen LogP) is 2.71. The number of rotatable bonds is 4. The summed E-state index contributed by atoms with van der Waals surface area (Å²) in [6.45, 7) is 1.61. The summed E-state index contributed by atoms with van der Waals surface area (Å²) in [5.74, 6) is -0.625. The molecular weight excluding hydrogens is 235 g/mol. The average Bonchev–Trinajstić information content (AvgIpc) is 2.27. The van der Waals surface area contributed by atoms with E-state index in [-0.39, 0.29) is 6.42 Å². The maximum atomic E-state index is 12.6. The van der Waals surface area contributed by atoms with Crippen molar-refractivity contribution in [3.63, 3.8) is 0 Å². The number of nitrogens with zero attached hydrogens (tertiary/aromatic N) is 1. The largest absolute Gasteiger partial charge is 0.417 e. The van der Waals surface area contributed by atoms with Crippen LogP contribution < -0.4 is 0 Å². The predicted molar refractivity (Wildman–Crippen MR) is 54.7 cm³/mol. The fourth-order valence-corrected chi connectivity index (χ4v) is 1.32. The molecule has 0 aromatic carbocycles. The number of carbonyl (C=O) groups is 1. The van der Waals surface area contributed by atoms with Crippen LogP contribution in [0.2, 0.25) is 0 Å². The van der Waals surface area contributed by atoms with Crippen LogP contribution in [0.5, 0.6) is 0 Å². The molecule has 3 nitrogen and oxygen atoms in total. The molecule has 94 valence electrons. The maximum absolute atomic E-state index is 12.6. The van der Waals surface area contributed by atoms with Crippen molar-refractivity contribution in [2.75, 3.05) is 7.11 Å². The Morgan fingerprint density at radius 2 is 2.18 bits per heavy atom. The molecular formula is C11H12F3NO2. The number of alkyl halides is 3. The summed E-state index contributed by atoms with van der Waals surface area (Å²) in [5.41, 5.74) is -1.37. The van der Waals surface area contributed by atoms with E-state index in [0.29, 0.717) is 0 Å². The number of methoxy groups -OCH3 is 1. The second kappa shape index (κ2) is 5.27. The molecule has 0 radical (unpaired) electrons. The Balaban J connectivity index is 3.02. The topological polar surface area (TPSA) is 39.2 Å². The van der Waals surface area contributed by atoms with Crippen LogP contribution in [0.15, 0.2) is 18.5 Å². The van der Waals surface area contributed by atoms with E-state index in [1.54, 1.807) is 6.92 Å². The van der Waals surface area contributed by atoms with Crippen LogP contribution in [-0.4, -0.2) is 24.0 Å². The molecule has 1 rings (SSSR count). The Hall–Kier alpha value is -1.43. The standard InChI is InChI=1S/C11H12F3NO2/c1-7(17-2)5-10(16)8-6-15-4-3-9(8)11(12,13)14/h3-4,6-7H,5H2,1-2H3. The zero-order chi connectivity index (χ0) is 13.1. The van der Waals surface area contributed by atoms with Gasteiger partial charge in [-0.15, -0.1) is 0 Å². The van der Waals surface area contributed by atoms with Crippen molar-refractivity contribution in [1.82, 2.24) is 4.98 Å². The summed E-state index contributed by atoms with van der Waals surface area (Å²) in [7, 11) is 1.39. The average molecular weight is 247 g/mol. The van der Waals surface area contributed by atoms with Gasteiger partial charge in [-0.1, -0.05) is 0 Å². The fraction of sp³-hybridized carbons (Fsp3) is 0.455. The molecule has 0 spiro atoms. The molecule has 0 aliphatic heterocycles. The monoisotopic (exact) mass is 247 g/mol. The minimum Gasteiger partial charge on any atom is -0.381 e. The van der Waals surface area contributed by atoms with Crippen molar-refractivity contribution in [1.29, 1.82) is 0 Å². The van der Waals surface area contributed by atoms with Crippen LogP contribution in [0.3, 0.4) is 0 Å². The minimum absolute atomic E-state index is 0.106. The molecule has 0 aliphatic rings. The van der Waals surface area contributed by atoms with E-state index in [1.807, 2.05) is 0 Å². The Bertz CT molecular complexity index is 404. The normalized spacial score (nSPS) is 13.5. The summed E-state index contributed by atoms with van der Waals surface area (Å²) in [6, 6.07) is 0.796. The van der Waals surface area contributed by atoms with Gasteiger partial charge in [-0.3, -0.25) is 9.78 Å². The van der Waals surface area contributed by atoms with Gasteiger partial charge in [0.2, 0.25) is 0 Å². The minimum atomic E-state index is -4.55. The van der Waals surface area contributed by atoms with Crippen LogP contribution in [0.4, 0.5) is 13.2 Å². The van der Waals surface area contributed by atoms with E-state index >= 15 is 0 Å². The number of aromatic nitrogens is 1. The maximum Gasteiger partial charge on any atom is 0.417 e. The third-order valence-corrected chi connectivity index (χ3v) is 2.30. The van der Waals surface area contributed by atoms with Gasteiger partial charge in [0.1, 0.15) is 0 Å². The van der Waals surface area contributed by atoms with Gasteiger partial charge in [0.25, 0.3) is 0 Å². The van der Waals surface area contributed by atoms with E-state index < -0.39 is 29.2 Å². The second-order valence-corrected chi connectivity index (χ2v) is 3.59. The fourth-order valence-electron chi connectivity index (χ4n) is 1.32. The molecule has 17 heavy (non-hydrogen) atoms. The van der Waals surface area contributed by atoms with Gasteiger partial charge in [-0.2, -0.15) is 13.2 Å². The number of hydrogen-bond donors (Lipinski definition) is 0. The molecule has 0 saturated heterocycles. The number of halogens is 3. The van der Waals surface area contributed by atoms with Gasteiger partial charge in [-0.05, 0) is 13.0 Å². The molecule has 0 aliphatic carbocycles. The van der Waals surface area contributed by atoms with Crippen molar-refractivity contribution in [3.8, 4) is 0 Å². The van der Waals surface area contributed by atoms with Crippen molar-refractivity contribution in [3.05, 3.63) is 29.6 Å². The first-order valence-electron chi connectivity index (χ1n) is 4.93. The first-order chi connectivity index (χ1) is 7.86. The Labute approximate surface area is 96.6 Å². The first-order valence-corrected chi connectivity index (χ1v) is 4.93. The molecule has 0 saturated carbocycles. The number of Topliss-reactive ketones (excluding diaryl/α,β-unsaturated/α-hetero) is 1. The third kappa shape index (κ3) is 3.52.